The first kappa shape index (κ1) is 19.9. The first-order valence-electron chi connectivity index (χ1n) is 8.71. The van der Waals surface area contributed by atoms with Crippen molar-refractivity contribution in [2.24, 2.45) is 14.1 Å². The Balaban J connectivity index is 1.85. The van der Waals surface area contributed by atoms with Crippen molar-refractivity contribution in [3.8, 4) is 11.5 Å². The molecule has 0 saturated carbocycles. The van der Waals surface area contributed by atoms with Crippen molar-refractivity contribution in [2.75, 3.05) is 24.9 Å². The lowest BCUT2D eigenvalue weighted by atomic mass is 10.1. The molecule has 0 fully saturated rings. The Morgan fingerprint density at radius 1 is 0.931 bits per heavy atom. The normalized spacial score (nSPS) is 10.5. The summed E-state index contributed by atoms with van der Waals surface area (Å²) in [5, 5.41) is 13.7. The molecular weight excluding hydrogens is 376 g/mol. The average molecular weight is 398 g/mol. The van der Waals surface area contributed by atoms with Crippen LogP contribution in [0.3, 0.4) is 0 Å². The fraction of sp³-hybridized carbons (Fsp3) is 0.263. The number of anilines is 2. The highest BCUT2D eigenvalue weighted by atomic mass is 16.5. The zero-order valence-corrected chi connectivity index (χ0v) is 16.8. The molecule has 2 N–H and O–H groups in total. The number of aryl methyl sites for hydroxylation is 2. The summed E-state index contributed by atoms with van der Waals surface area (Å²) in [6.07, 6.45) is 2.98. The maximum atomic E-state index is 12.8. The van der Waals surface area contributed by atoms with Crippen molar-refractivity contribution in [1.82, 2.24) is 19.6 Å². The van der Waals surface area contributed by atoms with Gasteiger partial charge in [0, 0.05) is 20.2 Å². The van der Waals surface area contributed by atoms with E-state index in [1.807, 2.05) is 6.92 Å². The van der Waals surface area contributed by atoms with Gasteiger partial charge in [-0.05, 0) is 19.1 Å². The minimum atomic E-state index is -0.441. The zero-order chi connectivity index (χ0) is 21.1. The Morgan fingerprint density at radius 2 is 1.59 bits per heavy atom. The van der Waals surface area contributed by atoms with Gasteiger partial charge >= 0.3 is 0 Å². The van der Waals surface area contributed by atoms with E-state index in [2.05, 4.69) is 20.8 Å². The van der Waals surface area contributed by atoms with E-state index < -0.39 is 11.8 Å². The van der Waals surface area contributed by atoms with Crippen molar-refractivity contribution < 1.29 is 19.1 Å². The summed E-state index contributed by atoms with van der Waals surface area (Å²) in [4.78, 5) is 25.6. The van der Waals surface area contributed by atoms with Crippen LogP contribution in [0.4, 0.5) is 11.4 Å². The molecule has 0 atom stereocenters. The summed E-state index contributed by atoms with van der Waals surface area (Å²) in [5.41, 5.74) is 2.15. The molecule has 2 aromatic heterocycles. The third kappa shape index (κ3) is 3.91. The van der Waals surface area contributed by atoms with Gasteiger partial charge in [-0.25, -0.2) is 0 Å². The van der Waals surface area contributed by atoms with Crippen LogP contribution in [-0.4, -0.2) is 45.6 Å². The van der Waals surface area contributed by atoms with E-state index in [0.717, 1.165) is 5.69 Å². The first-order chi connectivity index (χ1) is 13.8. The Bertz CT molecular complexity index is 1070. The molecule has 0 spiro atoms. The van der Waals surface area contributed by atoms with Crippen molar-refractivity contribution in [3.05, 3.63) is 47.5 Å². The van der Waals surface area contributed by atoms with Crippen LogP contribution in [0.5, 0.6) is 11.5 Å². The van der Waals surface area contributed by atoms with Gasteiger partial charge in [-0.2, -0.15) is 10.2 Å². The van der Waals surface area contributed by atoms with Crippen LogP contribution >= 0.6 is 0 Å². The van der Waals surface area contributed by atoms with Gasteiger partial charge in [-0.1, -0.05) is 0 Å². The van der Waals surface area contributed by atoms with Crippen LogP contribution in [0.15, 0.2) is 30.6 Å². The lowest BCUT2D eigenvalue weighted by Crippen LogP contribution is -2.20. The first-order valence-corrected chi connectivity index (χ1v) is 8.71. The predicted octanol–water partition coefficient (Wildman–Crippen LogP) is 1.98. The molecule has 3 aromatic rings. The molecule has 10 nitrogen and oxygen atoms in total. The maximum absolute atomic E-state index is 12.8. The molecule has 0 aliphatic rings. The zero-order valence-electron chi connectivity index (χ0n) is 16.8. The molecule has 1 aromatic carbocycles. The van der Waals surface area contributed by atoms with Gasteiger partial charge in [0.2, 0.25) is 0 Å². The standard InChI is InChI=1S/C19H22N6O4/c1-11-14(9-20-24(11)2)22-19(27)17-15(10-21-25(17)3)23-18(26)13-7-6-12(28-4)8-16(13)29-5/h6-10H,1-5H3,(H,22,27)(H,23,26). The van der Waals surface area contributed by atoms with Crippen LogP contribution in [0, 0.1) is 6.92 Å². The van der Waals surface area contributed by atoms with E-state index in [4.69, 9.17) is 9.47 Å². The highest BCUT2D eigenvalue weighted by Gasteiger charge is 2.22. The quantitative estimate of drug-likeness (QED) is 0.657. The number of hydrogen-bond donors (Lipinski definition) is 2. The van der Waals surface area contributed by atoms with E-state index in [1.165, 1.54) is 25.1 Å². The molecule has 2 heterocycles. The topological polar surface area (TPSA) is 112 Å². The monoisotopic (exact) mass is 398 g/mol. The summed E-state index contributed by atoms with van der Waals surface area (Å²) >= 11 is 0. The van der Waals surface area contributed by atoms with Crippen LogP contribution in [-0.2, 0) is 14.1 Å². The molecular formula is C19H22N6O4. The van der Waals surface area contributed by atoms with Crippen molar-refractivity contribution in [2.45, 2.75) is 6.92 Å². The molecule has 0 aliphatic heterocycles. The number of ether oxygens (including phenoxy) is 2. The fourth-order valence-corrected chi connectivity index (χ4v) is 2.78. The molecule has 0 radical (unpaired) electrons. The number of methoxy groups -OCH3 is 2. The molecule has 2 amide bonds. The highest BCUT2D eigenvalue weighted by Crippen LogP contribution is 2.26. The number of benzene rings is 1. The second kappa shape index (κ2) is 8.05. The van der Waals surface area contributed by atoms with Crippen LogP contribution < -0.4 is 20.1 Å². The van der Waals surface area contributed by atoms with Gasteiger partial charge in [-0.15, -0.1) is 0 Å². The van der Waals surface area contributed by atoms with Gasteiger partial charge in [0.1, 0.15) is 17.2 Å². The van der Waals surface area contributed by atoms with Crippen LogP contribution in [0.25, 0.3) is 0 Å². The molecule has 10 heteroatoms. The SMILES string of the molecule is COc1ccc(C(=O)Nc2cnn(C)c2C(=O)Nc2cnn(C)c2C)c(OC)c1. The highest BCUT2D eigenvalue weighted by molar-refractivity contribution is 6.12. The van der Waals surface area contributed by atoms with Gasteiger partial charge in [0.05, 0.1) is 49.2 Å². The van der Waals surface area contributed by atoms with Gasteiger partial charge in [0.25, 0.3) is 11.8 Å². The van der Waals surface area contributed by atoms with E-state index in [-0.39, 0.29) is 11.4 Å². The lowest BCUT2D eigenvalue weighted by Gasteiger charge is -2.11. The average Bonchev–Trinajstić information content (AvgIpc) is 3.23. The number of rotatable bonds is 6. The van der Waals surface area contributed by atoms with Gasteiger partial charge < -0.3 is 20.1 Å². The number of amides is 2. The number of nitrogens with zero attached hydrogens (tertiary/aromatic N) is 4. The van der Waals surface area contributed by atoms with Crippen LogP contribution in [0.2, 0.25) is 0 Å². The summed E-state index contributed by atoms with van der Waals surface area (Å²) in [6.45, 7) is 1.84. The largest absolute Gasteiger partial charge is 0.497 e. The molecule has 3 rings (SSSR count). The van der Waals surface area contributed by atoms with Gasteiger partial charge in [0.15, 0.2) is 0 Å². The Hall–Kier alpha value is -3.82. The maximum Gasteiger partial charge on any atom is 0.276 e. The molecule has 152 valence electrons. The number of carbonyl (C=O) groups is 2. The molecule has 0 unspecified atom stereocenters. The summed E-state index contributed by atoms with van der Waals surface area (Å²) in [5.74, 6) is 0.0524. The second-order valence-corrected chi connectivity index (χ2v) is 6.27. The molecule has 29 heavy (non-hydrogen) atoms. The van der Waals surface area contributed by atoms with Crippen molar-refractivity contribution >= 4 is 23.2 Å². The van der Waals surface area contributed by atoms with Crippen LogP contribution in [0.1, 0.15) is 26.5 Å². The Morgan fingerprint density at radius 3 is 2.21 bits per heavy atom. The van der Waals surface area contributed by atoms with Crippen molar-refractivity contribution in [1.29, 1.82) is 0 Å². The second-order valence-electron chi connectivity index (χ2n) is 6.27. The molecule has 0 saturated heterocycles. The predicted molar refractivity (Wildman–Crippen MR) is 107 cm³/mol. The molecule has 0 bridgehead atoms. The fourth-order valence-electron chi connectivity index (χ4n) is 2.78. The summed E-state index contributed by atoms with van der Waals surface area (Å²) in [7, 11) is 6.39. The third-order valence-electron chi connectivity index (χ3n) is 4.54. The molecule has 0 aliphatic carbocycles. The van der Waals surface area contributed by atoms with E-state index >= 15 is 0 Å². The number of hydrogen-bond acceptors (Lipinski definition) is 6. The minimum Gasteiger partial charge on any atom is -0.497 e. The number of nitrogens with one attached hydrogen (secondary N) is 2. The number of aromatic nitrogens is 4. The van der Waals surface area contributed by atoms with E-state index in [9.17, 15) is 9.59 Å². The minimum absolute atomic E-state index is 0.203. The number of carbonyl (C=O) groups excluding carboxylic acids is 2. The Labute approximate surface area is 167 Å². The third-order valence-corrected chi connectivity index (χ3v) is 4.54. The summed E-state index contributed by atoms with van der Waals surface area (Å²) in [6, 6.07) is 4.85. The van der Waals surface area contributed by atoms with Crippen molar-refractivity contribution in [3.63, 3.8) is 0 Å². The van der Waals surface area contributed by atoms with E-state index in [0.29, 0.717) is 22.7 Å². The van der Waals surface area contributed by atoms with E-state index in [1.54, 1.807) is 43.2 Å². The lowest BCUT2D eigenvalue weighted by molar-refractivity contribution is 0.101. The Kier molecular flexibility index (Phi) is 5.53. The summed E-state index contributed by atoms with van der Waals surface area (Å²) < 4.78 is 13.5. The smallest absolute Gasteiger partial charge is 0.276 e. The van der Waals surface area contributed by atoms with Gasteiger partial charge in [-0.3, -0.25) is 19.0 Å².